The van der Waals surface area contributed by atoms with Crippen molar-refractivity contribution in [1.82, 2.24) is 24.8 Å². The highest BCUT2D eigenvalue weighted by Gasteiger charge is 2.18. The molecule has 2 heterocycles. The van der Waals surface area contributed by atoms with Gasteiger partial charge in [-0.1, -0.05) is 12.0 Å². The highest BCUT2D eigenvalue weighted by Crippen LogP contribution is 2.39. The molecule has 0 aliphatic rings. The number of benzene rings is 2. The van der Waals surface area contributed by atoms with Gasteiger partial charge in [-0.25, -0.2) is 24.3 Å². The maximum absolute atomic E-state index is 15.2. The van der Waals surface area contributed by atoms with E-state index in [4.69, 9.17) is 14.5 Å². The van der Waals surface area contributed by atoms with Crippen molar-refractivity contribution in [3.8, 4) is 51.7 Å². The summed E-state index contributed by atoms with van der Waals surface area (Å²) in [6.45, 7) is 4.77. The van der Waals surface area contributed by atoms with Gasteiger partial charge in [0.1, 0.15) is 5.75 Å². The summed E-state index contributed by atoms with van der Waals surface area (Å²) in [7, 11) is 5.47. The fraction of sp³-hybridized carbons (Fsp3) is 0.233. The third-order valence-corrected chi connectivity index (χ3v) is 5.80. The second-order valence-electron chi connectivity index (χ2n) is 9.16. The molecular formula is C30H30FN7O3. The molecule has 0 aliphatic heterocycles. The van der Waals surface area contributed by atoms with E-state index in [0.29, 0.717) is 52.0 Å². The number of carbonyl (C=O) groups is 1. The maximum atomic E-state index is 15.2. The van der Waals surface area contributed by atoms with E-state index in [9.17, 15) is 4.79 Å². The molecular weight excluding hydrogens is 525 g/mol. The number of hydrogen-bond donors (Lipinski definition) is 2. The van der Waals surface area contributed by atoms with E-state index >= 15 is 4.39 Å². The van der Waals surface area contributed by atoms with Gasteiger partial charge in [-0.15, -0.1) is 0 Å². The van der Waals surface area contributed by atoms with Crippen molar-refractivity contribution < 1.29 is 18.7 Å². The Hall–Kier alpha value is -5.08. The number of amides is 1. The average Bonchev–Trinajstić information content (AvgIpc) is 2.94. The number of aryl methyl sites for hydroxylation is 1. The molecule has 210 valence electrons. The van der Waals surface area contributed by atoms with Gasteiger partial charge in [0, 0.05) is 54.1 Å². The van der Waals surface area contributed by atoms with Crippen LogP contribution in [0.5, 0.6) is 17.5 Å². The van der Waals surface area contributed by atoms with Gasteiger partial charge in [-0.3, -0.25) is 4.79 Å². The molecule has 1 amide bonds. The Morgan fingerprint density at radius 1 is 1.05 bits per heavy atom. The van der Waals surface area contributed by atoms with Crippen LogP contribution in [-0.2, 0) is 4.79 Å². The highest BCUT2D eigenvalue weighted by atomic mass is 19.1. The number of carbonyl (C=O) groups excluding carboxylic acids is 1. The Balaban J connectivity index is 1.74. The molecule has 0 atom stereocenters. The van der Waals surface area contributed by atoms with Gasteiger partial charge < -0.3 is 25.0 Å². The zero-order chi connectivity index (χ0) is 29.4. The molecule has 2 aromatic heterocycles. The number of halogens is 1. The number of rotatable bonds is 10. The molecule has 0 spiro atoms. The van der Waals surface area contributed by atoms with E-state index in [1.165, 1.54) is 19.2 Å². The van der Waals surface area contributed by atoms with Crippen LogP contribution in [0.15, 0.2) is 54.9 Å². The SMILES string of the molecule is CC#CC(=O)Nc1ccc(-c2nc(NCCN(C)C)ncc2-c2ccc(Oc3nccc(C)n3)c(F)c2)c(OC)c1. The third kappa shape index (κ3) is 7.52. The van der Waals surface area contributed by atoms with E-state index in [2.05, 4.69) is 37.4 Å². The van der Waals surface area contributed by atoms with Gasteiger partial charge in [-0.2, -0.15) is 0 Å². The van der Waals surface area contributed by atoms with E-state index in [1.54, 1.807) is 56.6 Å². The van der Waals surface area contributed by atoms with Gasteiger partial charge in [-0.05, 0) is 69.8 Å². The first-order valence-corrected chi connectivity index (χ1v) is 12.7. The second kappa shape index (κ2) is 13.3. The lowest BCUT2D eigenvalue weighted by Crippen LogP contribution is -2.21. The lowest BCUT2D eigenvalue weighted by atomic mass is 9.99. The van der Waals surface area contributed by atoms with Crippen LogP contribution in [-0.4, -0.2) is 65.0 Å². The molecule has 2 aromatic carbocycles. The van der Waals surface area contributed by atoms with Crippen molar-refractivity contribution in [2.75, 3.05) is 44.9 Å². The Bertz CT molecular complexity index is 1620. The predicted octanol–water partition coefficient (Wildman–Crippen LogP) is 4.78. The van der Waals surface area contributed by atoms with E-state index in [0.717, 1.165) is 6.54 Å². The van der Waals surface area contributed by atoms with Crippen molar-refractivity contribution in [2.24, 2.45) is 0 Å². The minimum atomic E-state index is -0.603. The molecule has 0 fully saturated rings. The van der Waals surface area contributed by atoms with Crippen molar-refractivity contribution in [2.45, 2.75) is 13.8 Å². The van der Waals surface area contributed by atoms with Gasteiger partial charge in [0.15, 0.2) is 11.6 Å². The molecule has 0 unspecified atom stereocenters. The van der Waals surface area contributed by atoms with Crippen molar-refractivity contribution in [3.63, 3.8) is 0 Å². The molecule has 0 saturated heterocycles. The largest absolute Gasteiger partial charge is 0.496 e. The molecule has 0 radical (unpaired) electrons. The molecule has 10 nitrogen and oxygen atoms in total. The summed E-state index contributed by atoms with van der Waals surface area (Å²) in [5.41, 5.74) is 3.41. The summed E-state index contributed by atoms with van der Waals surface area (Å²) in [5, 5.41) is 5.93. The number of nitrogens with one attached hydrogen (secondary N) is 2. The number of ether oxygens (including phenoxy) is 2. The number of likely N-dealkylation sites (N-methyl/N-ethyl adjacent to an activating group) is 1. The van der Waals surface area contributed by atoms with E-state index in [1.807, 2.05) is 19.0 Å². The van der Waals surface area contributed by atoms with Crippen molar-refractivity contribution in [1.29, 1.82) is 0 Å². The van der Waals surface area contributed by atoms with Crippen LogP contribution in [0.4, 0.5) is 16.0 Å². The predicted molar refractivity (Wildman–Crippen MR) is 155 cm³/mol. The molecule has 0 saturated carbocycles. The van der Waals surface area contributed by atoms with Gasteiger partial charge >= 0.3 is 6.01 Å². The van der Waals surface area contributed by atoms with Gasteiger partial charge in [0.25, 0.3) is 5.91 Å². The fourth-order valence-corrected chi connectivity index (χ4v) is 3.84. The number of aromatic nitrogens is 4. The Labute approximate surface area is 238 Å². The molecule has 4 aromatic rings. The Morgan fingerprint density at radius 2 is 1.88 bits per heavy atom. The Kier molecular flexibility index (Phi) is 9.39. The molecule has 4 rings (SSSR count). The van der Waals surface area contributed by atoms with Crippen LogP contribution < -0.4 is 20.1 Å². The standard InChI is InChI=1S/C30H30FN7O3/c1-6-7-27(39)36-21-9-10-22(26(17-21)40-5)28-23(18-34-29(37-28)32-14-15-38(3)4)20-8-11-25(24(31)16-20)41-30-33-13-12-19(2)35-30/h8-13,16-18H,14-15H2,1-5H3,(H,36,39)(H,32,34,37). The third-order valence-electron chi connectivity index (χ3n) is 5.80. The monoisotopic (exact) mass is 555 g/mol. The molecule has 41 heavy (non-hydrogen) atoms. The summed E-state index contributed by atoms with van der Waals surface area (Å²) in [4.78, 5) is 31.5. The summed E-state index contributed by atoms with van der Waals surface area (Å²) in [6.07, 6.45) is 3.17. The van der Waals surface area contributed by atoms with Crippen LogP contribution in [0.2, 0.25) is 0 Å². The zero-order valence-electron chi connectivity index (χ0n) is 23.4. The number of methoxy groups -OCH3 is 1. The number of anilines is 2. The number of nitrogens with zero attached hydrogens (tertiary/aromatic N) is 5. The van der Waals surface area contributed by atoms with Crippen LogP contribution in [0.3, 0.4) is 0 Å². The van der Waals surface area contributed by atoms with E-state index < -0.39 is 11.7 Å². The lowest BCUT2D eigenvalue weighted by molar-refractivity contribution is -0.111. The Morgan fingerprint density at radius 3 is 2.59 bits per heavy atom. The first-order chi connectivity index (χ1) is 19.8. The summed E-state index contributed by atoms with van der Waals surface area (Å²) >= 11 is 0. The zero-order valence-corrected chi connectivity index (χ0v) is 23.4. The van der Waals surface area contributed by atoms with E-state index in [-0.39, 0.29) is 11.8 Å². The molecule has 11 heteroatoms. The lowest BCUT2D eigenvalue weighted by Gasteiger charge is -2.16. The van der Waals surface area contributed by atoms with Gasteiger partial charge in [0.2, 0.25) is 5.95 Å². The molecule has 0 aliphatic carbocycles. The quantitative estimate of drug-likeness (QED) is 0.267. The van der Waals surface area contributed by atoms with Crippen LogP contribution >= 0.6 is 0 Å². The minimum absolute atomic E-state index is 0.0170. The van der Waals surface area contributed by atoms with Crippen molar-refractivity contribution in [3.05, 3.63) is 66.4 Å². The fourth-order valence-electron chi connectivity index (χ4n) is 3.84. The first-order valence-electron chi connectivity index (χ1n) is 12.7. The smallest absolute Gasteiger partial charge is 0.322 e. The first kappa shape index (κ1) is 28.9. The van der Waals surface area contributed by atoms with Gasteiger partial charge in [0.05, 0.1) is 12.8 Å². The highest BCUT2D eigenvalue weighted by molar-refractivity contribution is 6.04. The normalized spacial score (nSPS) is 10.5. The topological polar surface area (TPSA) is 114 Å². The number of hydrogen-bond acceptors (Lipinski definition) is 9. The van der Waals surface area contributed by atoms with Crippen LogP contribution in [0.25, 0.3) is 22.4 Å². The summed E-state index contributed by atoms with van der Waals surface area (Å²) in [5.74, 6) is 4.80. The summed E-state index contributed by atoms with van der Waals surface area (Å²) < 4.78 is 26.5. The van der Waals surface area contributed by atoms with Crippen molar-refractivity contribution >= 4 is 17.5 Å². The average molecular weight is 556 g/mol. The molecule has 0 bridgehead atoms. The van der Waals surface area contributed by atoms with Crippen LogP contribution in [0.1, 0.15) is 12.6 Å². The van der Waals surface area contributed by atoms with Crippen LogP contribution in [0, 0.1) is 24.6 Å². The maximum Gasteiger partial charge on any atom is 0.322 e. The molecule has 2 N–H and O–H groups in total. The minimum Gasteiger partial charge on any atom is -0.496 e. The second-order valence-corrected chi connectivity index (χ2v) is 9.16. The summed E-state index contributed by atoms with van der Waals surface area (Å²) in [6, 6.07) is 11.5.